The van der Waals surface area contributed by atoms with Crippen LogP contribution in [0.2, 0.25) is 5.02 Å². The zero-order valence-corrected chi connectivity index (χ0v) is 19.0. The summed E-state index contributed by atoms with van der Waals surface area (Å²) in [4.78, 5) is 27.4. The van der Waals surface area contributed by atoms with E-state index in [2.05, 4.69) is 15.3 Å². The molecule has 7 heteroatoms. The van der Waals surface area contributed by atoms with Gasteiger partial charge in [0.05, 0.1) is 22.0 Å². The monoisotopic (exact) mass is 455 g/mol. The fourth-order valence-electron chi connectivity index (χ4n) is 4.06. The molecule has 0 aliphatic carbocycles. The highest BCUT2D eigenvalue weighted by molar-refractivity contribution is 6.35. The molecule has 0 bridgehead atoms. The van der Waals surface area contributed by atoms with Crippen molar-refractivity contribution in [3.05, 3.63) is 99.8 Å². The lowest BCUT2D eigenvalue weighted by Crippen LogP contribution is -2.26. The van der Waals surface area contributed by atoms with E-state index < -0.39 is 0 Å². The number of rotatable bonds is 5. The molecule has 3 aromatic heterocycles. The maximum absolute atomic E-state index is 13.7. The van der Waals surface area contributed by atoms with Crippen molar-refractivity contribution >= 4 is 39.2 Å². The molecule has 1 atom stereocenters. The maximum atomic E-state index is 13.7. The number of para-hydroxylation sites is 1. The van der Waals surface area contributed by atoms with E-state index in [9.17, 15) is 4.79 Å². The quantitative estimate of drug-likeness (QED) is 0.367. The topological polar surface area (TPSA) is 72.7 Å². The zero-order valence-electron chi connectivity index (χ0n) is 18.3. The first-order valence-corrected chi connectivity index (χ1v) is 11.2. The van der Waals surface area contributed by atoms with Crippen molar-refractivity contribution in [2.45, 2.75) is 26.3 Å². The van der Waals surface area contributed by atoms with Crippen LogP contribution in [0.15, 0.2) is 77.7 Å². The van der Waals surface area contributed by atoms with Gasteiger partial charge in [0, 0.05) is 24.0 Å². The maximum Gasteiger partial charge on any atom is 0.264 e. The summed E-state index contributed by atoms with van der Waals surface area (Å²) >= 11 is 6.43. The van der Waals surface area contributed by atoms with Gasteiger partial charge in [-0.3, -0.25) is 14.3 Å². The van der Waals surface area contributed by atoms with Gasteiger partial charge in [0.15, 0.2) is 5.82 Å². The Bertz CT molecular complexity index is 1530. The summed E-state index contributed by atoms with van der Waals surface area (Å²) in [7, 11) is 0. The van der Waals surface area contributed by atoms with Gasteiger partial charge in [0.1, 0.15) is 11.3 Å². The van der Waals surface area contributed by atoms with Crippen LogP contribution in [0.4, 0.5) is 5.82 Å². The number of hydrogen-bond acceptors (Lipinski definition) is 5. The van der Waals surface area contributed by atoms with Crippen molar-refractivity contribution in [1.29, 1.82) is 0 Å². The van der Waals surface area contributed by atoms with Crippen molar-refractivity contribution in [3.8, 4) is 5.69 Å². The number of hydrogen-bond donors (Lipinski definition) is 1. The first-order chi connectivity index (χ1) is 16.1. The Balaban J connectivity index is 1.71. The molecule has 0 aliphatic heterocycles. The third-order valence-electron chi connectivity index (χ3n) is 5.65. The second kappa shape index (κ2) is 8.64. The molecule has 2 aromatic carbocycles. The number of nitrogens with zero attached hydrogens (tertiary/aromatic N) is 4. The molecule has 5 rings (SSSR count). The number of halogens is 1. The second-order valence-corrected chi connectivity index (χ2v) is 8.24. The number of aromatic nitrogens is 4. The van der Waals surface area contributed by atoms with Gasteiger partial charge in [-0.25, -0.2) is 9.97 Å². The van der Waals surface area contributed by atoms with E-state index in [1.165, 1.54) is 0 Å². The largest absolute Gasteiger partial charge is 0.360 e. The third-order valence-corrected chi connectivity index (χ3v) is 5.97. The summed E-state index contributed by atoms with van der Waals surface area (Å²) in [6.07, 6.45) is 2.43. The number of fused-ring (bicyclic) bond motifs is 2. The third kappa shape index (κ3) is 3.83. The first-order valence-electron chi connectivity index (χ1n) is 10.8. The van der Waals surface area contributed by atoms with Crippen LogP contribution in [0.25, 0.3) is 27.5 Å². The Morgan fingerprint density at radius 3 is 2.64 bits per heavy atom. The van der Waals surface area contributed by atoms with Crippen molar-refractivity contribution in [1.82, 2.24) is 19.5 Å². The minimum absolute atomic E-state index is 0.159. The molecular formula is C26H22ClN5O. The van der Waals surface area contributed by atoms with Gasteiger partial charge in [-0.15, -0.1) is 0 Å². The number of aryl methyl sites for hydroxylation is 1. The SMILES string of the molecule is CCc1nc(N[C@@H](C)c2cc3cccc(Cl)c3c(=O)n2-c2ccccc2)c2ncccc2n1. The van der Waals surface area contributed by atoms with Crippen LogP contribution in [-0.2, 0) is 6.42 Å². The van der Waals surface area contributed by atoms with Crippen molar-refractivity contribution in [2.75, 3.05) is 5.32 Å². The van der Waals surface area contributed by atoms with E-state index in [0.29, 0.717) is 28.2 Å². The number of pyridine rings is 2. The summed E-state index contributed by atoms with van der Waals surface area (Å²) in [5.41, 5.74) is 2.88. The fraction of sp³-hybridized carbons (Fsp3) is 0.154. The summed E-state index contributed by atoms with van der Waals surface area (Å²) in [6, 6.07) is 20.6. The smallest absolute Gasteiger partial charge is 0.264 e. The minimum atomic E-state index is -0.258. The summed E-state index contributed by atoms with van der Waals surface area (Å²) in [5.74, 6) is 1.37. The summed E-state index contributed by atoms with van der Waals surface area (Å²) in [6.45, 7) is 4.03. The second-order valence-electron chi connectivity index (χ2n) is 7.83. The van der Waals surface area contributed by atoms with Gasteiger partial charge in [-0.05, 0) is 48.7 Å². The van der Waals surface area contributed by atoms with E-state index in [1.54, 1.807) is 16.8 Å². The number of nitrogens with one attached hydrogen (secondary N) is 1. The lowest BCUT2D eigenvalue weighted by Gasteiger charge is -2.22. The Morgan fingerprint density at radius 2 is 1.85 bits per heavy atom. The van der Waals surface area contributed by atoms with Crippen LogP contribution < -0.4 is 10.9 Å². The van der Waals surface area contributed by atoms with Gasteiger partial charge in [0.2, 0.25) is 0 Å². The number of benzene rings is 2. The molecule has 164 valence electrons. The highest BCUT2D eigenvalue weighted by Crippen LogP contribution is 2.28. The molecule has 0 saturated carbocycles. The van der Waals surface area contributed by atoms with Crippen LogP contribution >= 0.6 is 11.6 Å². The minimum Gasteiger partial charge on any atom is -0.360 e. The average Bonchev–Trinajstić information content (AvgIpc) is 2.84. The van der Waals surface area contributed by atoms with E-state index >= 15 is 0 Å². The fourth-order valence-corrected chi connectivity index (χ4v) is 4.32. The highest BCUT2D eigenvalue weighted by Gasteiger charge is 2.19. The van der Waals surface area contributed by atoms with Crippen molar-refractivity contribution in [2.24, 2.45) is 0 Å². The van der Waals surface area contributed by atoms with Crippen LogP contribution in [-0.4, -0.2) is 19.5 Å². The lowest BCUT2D eigenvalue weighted by atomic mass is 10.1. The zero-order chi connectivity index (χ0) is 22.9. The van der Waals surface area contributed by atoms with Crippen LogP contribution in [0.1, 0.15) is 31.4 Å². The Kier molecular flexibility index (Phi) is 5.52. The molecule has 5 aromatic rings. The number of anilines is 1. The molecule has 0 aliphatic rings. The predicted molar refractivity (Wildman–Crippen MR) is 133 cm³/mol. The highest BCUT2D eigenvalue weighted by atomic mass is 35.5. The molecule has 0 unspecified atom stereocenters. The molecule has 0 radical (unpaired) electrons. The summed E-state index contributed by atoms with van der Waals surface area (Å²) < 4.78 is 1.71. The van der Waals surface area contributed by atoms with Gasteiger partial charge in [0.25, 0.3) is 5.56 Å². The Labute approximate surface area is 195 Å². The van der Waals surface area contributed by atoms with Crippen LogP contribution in [0, 0.1) is 0 Å². The van der Waals surface area contributed by atoms with Gasteiger partial charge in [-0.1, -0.05) is 48.9 Å². The Morgan fingerprint density at radius 1 is 1.03 bits per heavy atom. The summed E-state index contributed by atoms with van der Waals surface area (Å²) in [5, 5.41) is 5.22. The van der Waals surface area contributed by atoms with Gasteiger partial charge < -0.3 is 5.32 Å². The molecule has 0 spiro atoms. The normalized spacial score (nSPS) is 12.2. The van der Waals surface area contributed by atoms with E-state index in [1.807, 2.05) is 74.5 Å². The Hall–Kier alpha value is -3.77. The molecule has 1 N–H and O–H groups in total. The standard InChI is InChI=1S/C26H22ClN5O/c1-3-22-30-20-13-8-14-28-24(20)25(31-22)29-16(2)21-15-17-9-7-12-19(27)23(17)26(33)32(21)18-10-5-4-6-11-18/h4-16H,3H2,1-2H3,(H,29,30,31)/t16-/m0/s1. The molecule has 0 amide bonds. The van der Waals surface area contributed by atoms with Crippen LogP contribution in [0.5, 0.6) is 0 Å². The molecule has 0 fully saturated rings. The van der Waals surface area contributed by atoms with E-state index in [0.717, 1.165) is 28.1 Å². The van der Waals surface area contributed by atoms with E-state index in [4.69, 9.17) is 16.6 Å². The lowest BCUT2D eigenvalue weighted by molar-refractivity contribution is 0.771. The molecule has 0 saturated heterocycles. The van der Waals surface area contributed by atoms with Crippen molar-refractivity contribution in [3.63, 3.8) is 0 Å². The van der Waals surface area contributed by atoms with Gasteiger partial charge >= 0.3 is 0 Å². The molecule has 6 nitrogen and oxygen atoms in total. The van der Waals surface area contributed by atoms with E-state index in [-0.39, 0.29) is 11.6 Å². The van der Waals surface area contributed by atoms with Gasteiger partial charge in [-0.2, -0.15) is 0 Å². The molecular weight excluding hydrogens is 434 g/mol. The van der Waals surface area contributed by atoms with Crippen molar-refractivity contribution < 1.29 is 0 Å². The molecule has 33 heavy (non-hydrogen) atoms. The predicted octanol–water partition coefficient (Wildman–Crippen LogP) is 5.72. The molecule has 3 heterocycles. The first kappa shape index (κ1) is 21.1. The van der Waals surface area contributed by atoms with Crippen LogP contribution in [0.3, 0.4) is 0 Å². The average molecular weight is 456 g/mol.